The third-order valence-electron chi connectivity index (χ3n) is 2.78. The average Bonchev–Trinajstić information content (AvgIpc) is 2.59. The van der Waals surface area contributed by atoms with E-state index in [1.807, 2.05) is 38.7 Å². The van der Waals surface area contributed by atoms with Crippen LogP contribution in [0.15, 0.2) is 6.20 Å². The molecule has 0 radical (unpaired) electrons. The van der Waals surface area contributed by atoms with E-state index in [1.54, 1.807) is 0 Å². The van der Waals surface area contributed by atoms with Crippen molar-refractivity contribution >= 4 is 5.91 Å². The van der Waals surface area contributed by atoms with E-state index in [4.69, 9.17) is 0 Å². The van der Waals surface area contributed by atoms with Gasteiger partial charge in [-0.2, -0.15) is 5.10 Å². The zero-order chi connectivity index (χ0) is 12.8. The summed E-state index contributed by atoms with van der Waals surface area (Å²) in [5.41, 5.74) is 2.37. The van der Waals surface area contributed by atoms with Crippen LogP contribution in [0, 0.1) is 12.8 Å². The summed E-state index contributed by atoms with van der Waals surface area (Å²) in [6.45, 7) is 8.05. The van der Waals surface area contributed by atoms with Crippen molar-refractivity contribution in [3.8, 4) is 0 Å². The van der Waals surface area contributed by atoms with E-state index in [1.165, 1.54) is 11.3 Å². The summed E-state index contributed by atoms with van der Waals surface area (Å²) in [6, 6.07) is 0. The number of amides is 1. The molecule has 0 atom stereocenters. The molecular weight excluding hydrogens is 216 g/mol. The monoisotopic (exact) mass is 238 g/mol. The van der Waals surface area contributed by atoms with E-state index in [9.17, 15) is 4.79 Å². The molecule has 0 aliphatic carbocycles. The average molecular weight is 238 g/mol. The number of hydrogen-bond acceptors (Lipinski definition) is 3. The number of rotatable bonds is 6. The Morgan fingerprint density at radius 3 is 2.71 bits per heavy atom. The van der Waals surface area contributed by atoms with Crippen LogP contribution in [0.5, 0.6) is 0 Å². The summed E-state index contributed by atoms with van der Waals surface area (Å²) < 4.78 is 1.86. The fourth-order valence-corrected chi connectivity index (χ4v) is 1.42. The summed E-state index contributed by atoms with van der Waals surface area (Å²) in [5.74, 6) is 0.153. The fraction of sp³-hybridized carbons (Fsp3) is 0.667. The molecule has 2 N–H and O–H groups in total. The number of hydrogen-bond donors (Lipinski definition) is 2. The summed E-state index contributed by atoms with van der Waals surface area (Å²) in [7, 11) is 1.93. The predicted molar refractivity (Wildman–Crippen MR) is 67.5 cm³/mol. The van der Waals surface area contributed by atoms with Crippen LogP contribution in [-0.4, -0.2) is 28.8 Å². The van der Waals surface area contributed by atoms with E-state index < -0.39 is 0 Å². The van der Waals surface area contributed by atoms with Gasteiger partial charge in [-0.25, -0.2) is 0 Å². The minimum absolute atomic E-state index is 0.0515. The van der Waals surface area contributed by atoms with Gasteiger partial charge in [0.1, 0.15) is 0 Å². The van der Waals surface area contributed by atoms with Gasteiger partial charge in [0.05, 0.1) is 6.20 Å². The molecule has 0 spiro atoms. The lowest BCUT2D eigenvalue weighted by Crippen LogP contribution is -2.34. The molecule has 0 aliphatic heterocycles. The van der Waals surface area contributed by atoms with E-state index in [2.05, 4.69) is 15.7 Å². The van der Waals surface area contributed by atoms with Gasteiger partial charge in [0.2, 0.25) is 5.91 Å². The van der Waals surface area contributed by atoms with Crippen LogP contribution in [-0.2, 0) is 18.4 Å². The lowest BCUT2D eigenvalue weighted by Gasteiger charge is -2.08. The van der Waals surface area contributed by atoms with Crippen LogP contribution in [0.3, 0.4) is 0 Å². The van der Waals surface area contributed by atoms with Gasteiger partial charge in [-0.1, -0.05) is 13.8 Å². The molecule has 5 heteroatoms. The van der Waals surface area contributed by atoms with Crippen molar-refractivity contribution in [3.05, 3.63) is 17.5 Å². The predicted octanol–water partition coefficient (Wildman–Crippen LogP) is 0.590. The Morgan fingerprint density at radius 1 is 1.47 bits per heavy atom. The lowest BCUT2D eigenvalue weighted by molar-refractivity contribution is -0.123. The molecule has 0 saturated heterocycles. The molecule has 1 amide bonds. The minimum atomic E-state index is 0.0515. The van der Waals surface area contributed by atoms with E-state index in [0.29, 0.717) is 6.54 Å². The molecule has 0 aromatic carbocycles. The van der Waals surface area contributed by atoms with Gasteiger partial charge in [0, 0.05) is 43.9 Å². The maximum Gasteiger partial charge on any atom is 0.222 e. The van der Waals surface area contributed by atoms with Crippen molar-refractivity contribution in [2.75, 3.05) is 13.1 Å². The number of nitrogens with zero attached hydrogens (tertiary/aromatic N) is 2. The fourth-order valence-electron chi connectivity index (χ4n) is 1.42. The number of carbonyl (C=O) groups is 1. The highest BCUT2D eigenvalue weighted by atomic mass is 16.1. The Kier molecular flexibility index (Phi) is 5.15. The number of aryl methyl sites for hydroxylation is 1. The molecule has 1 rings (SSSR count). The molecular formula is C12H22N4O. The SMILES string of the molecule is Cc1c(CNCCNC(=O)C(C)C)cnn1C. The summed E-state index contributed by atoms with van der Waals surface area (Å²) >= 11 is 0. The molecule has 5 nitrogen and oxygen atoms in total. The third kappa shape index (κ3) is 4.19. The van der Waals surface area contributed by atoms with Crippen LogP contribution in [0.25, 0.3) is 0 Å². The topological polar surface area (TPSA) is 58.9 Å². The molecule has 0 saturated carbocycles. The lowest BCUT2D eigenvalue weighted by atomic mass is 10.2. The highest BCUT2D eigenvalue weighted by Crippen LogP contribution is 2.04. The number of carbonyl (C=O) groups excluding carboxylic acids is 1. The molecule has 0 bridgehead atoms. The first-order valence-corrected chi connectivity index (χ1v) is 5.98. The molecule has 0 aliphatic rings. The molecule has 96 valence electrons. The Hall–Kier alpha value is -1.36. The largest absolute Gasteiger partial charge is 0.355 e. The number of nitrogens with one attached hydrogen (secondary N) is 2. The zero-order valence-corrected chi connectivity index (χ0v) is 11.1. The second kappa shape index (κ2) is 6.39. The van der Waals surface area contributed by atoms with Crippen molar-refractivity contribution in [2.24, 2.45) is 13.0 Å². The highest BCUT2D eigenvalue weighted by Gasteiger charge is 2.05. The summed E-state index contributed by atoms with van der Waals surface area (Å²) in [4.78, 5) is 11.3. The van der Waals surface area contributed by atoms with Crippen LogP contribution < -0.4 is 10.6 Å². The molecule has 1 aromatic heterocycles. The van der Waals surface area contributed by atoms with Crippen molar-refractivity contribution < 1.29 is 4.79 Å². The van der Waals surface area contributed by atoms with Gasteiger partial charge in [-0.15, -0.1) is 0 Å². The Bertz CT molecular complexity index is 371. The second-order valence-electron chi connectivity index (χ2n) is 4.50. The van der Waals surface area contributed by atoms with Gasteiger partial charge in [-0.05, 0) is 6.92 Å². The minimum Gasteiger partial charge on any atom is -0.355 e. The molecule has 1 heterocycles. The van der Waals surface area contributed by atoms with E-state index >= 15 is 0 Å². The van der Waals surface area contributed by atoms with E-state index in [-0.39, 0.29) is 11.8 Å². The maximum atomic E-state index is 11.3. The number of aromatic nitrogens is 2. The first-order chi connectivity index (χ1) is 8.02. The third-order valence-corrected chi connectivity index (χ3v) is 2.78. The van der Waals surface area contributed by atoms with Crippen molar-refractivity contribution in [1.82, 2.24) is 20.4 Å². The normalized spacial score (nSPS) is 10.9. The Morgan fingerprint density at radius 2 is 2.18 bits per heavy atom. The summed E-state index contributed by atoms with van der Waals surface area (Å²) in [6.07, 6.45) is 1.87. The van der Waals surface area contributed by atoms with Crippen LogP contribution >= 0.6 is 0 Å². The first kappa shape index (κ1) is 13.7. The first-order valence-electron chi connectivity index (χ1n) is 5.98. The standard InChI is InChI=1S/C12H22N4O/c1-9(2)12(17)14-6-5-13-7-11-8-15-16(4)10(11)3/h8-9,13H,5-7H2,1-4H3,(H,14,17). The smallest absolute Gasteiger partial charge is 0.222 e. The van der Waals surface area contributed by atoms with Gasteiger partial charge in [0.25, 0.3) is 0 Å². The molecule has 1 aromatic rings. The van der Waals surface area contributed by atoms with Crippen molar-refractivity contribution in [1.29, 1.82) is 0 Å². The second-order valence-corrected chi connectivity index (χ2v) is 4.50. The maximum absolute atomic E-state index is 11.3. The van der Waals surface area contributed by atoms with Crippen molar-refractivity contribution in [2.45, 2.75) is 27.3 Å². The zero-order valence-electron chi connectivity index (χ0n) is 11.1. The van der Waals surface area contributed by atoms with Gasteiger partial charge >= 0.3 is 0 Å². The molecule has 17 heavy (non-hydrogen) atoms. The Labute approximate surface area is 103 Å². The van der Waals surface area contributed by atoms with Crippen LogP contribution in [0.1, 0.15) is 25.1 Å². The van der Waals surface area contributed by atoms with Crippen LogP contribution in [0.2, 0.25) is 0 Å². The van der Waals surface area contributed by atoms with Crippen LogP contribution in [0.4, 0.5) is 0 Å². The summed E-state index contributed by atoms with van der Waals surface area (Å²) in [5, 5.41) is 10.3. The molecule has 0 unspecified atom stereocenters. The van der Waals surface area contributed by atoms with E-state index in [0.717, 1.165) is 13.1 Å². The van der Waals surface area contributed by atoms with Gasteiger partial charge in [-0.3, -0.25) is 9.48 Å². The highest BCUT2D eigenvalue weighted by molar-refractivity contribution is 5.77. The van der Waals surface area contributed by atoms with Crippen molar-refractivity contribution in [3.63, 3.8) is 0 Å². The van der Waals surface area contributed by atoms with Gasteiger partial charge < -0.3 is 10.6 Å². The van der Waals surface area contributed by atoms with Gasteiger partial charge in [0.15, 0.2) is 0 Å². The quantitative estimate of drug-likeness (QED) is 0.713. The Balaban J connectivity index is 2.17. The molecule has 0 fully saturated rings.